The third-order valence-electron chi connectivity index (χ3n) is 4.86. The van der Waals surface area contributed by atoms with Crippen molar-refractivity contribution in [3.8, 4) is 17.2 Å². The monoisotopic (exact) mass is 492 g/mol. The second-order valence-corrected chi connectivity index (χ2v) is 7.44. The Morgan fingerprint density at radius 3 is 2.14 bits per heavy atom. The predicted octanol–water partition coefficient (Wildman–Crippen LogP) is 4.30. The zero-order chi connectivity index (χ0) is 25.8. The Morgan fingerprint density at radius 1 is 0.806 bits per heavy atom. The SMILES string of the molecule is CCOc1ccc(OCCC(=O)OCC(=O)Nc2ccc(C(=O)Nc3ccccc3OC)cc2)cc1. The maximum atomic E-state index is 12.5. The molecule has 0 saturated carbocycles. The van der Waals surface area contributed by atoms with Gasteiger partial charge in [0, 0.05) is 11.3 Å². The van der Waals surface area contributed by atoms with Crippen molar-refractivity contribution in [2.24, 2.45) is 0 Å². The normalized spacial score (nSPS) is 10.2. The van der Waals surface area contributed by atoms with E-state index >= 15 is 0 Å². The van der Waals surface area contributed by atoms with Gasteiger partial charge in [-0.3, -0.25) is 14.4 Å². The molecule has 2 amide bonds. The minimum absolute atomic E-state index is 0.00347. The highest BCUT2D eigenvalue weighted by Gasteiger charge is 2.11. The lowest BCUT2D eigenvalue weighted by molar-refractivity contribution is -0.147. The Labute approximate surface area is 209 Å². The first kappa shape index (κ1) is 26.1. The van der Waals surface area contributed by atoms with Crippen molar-refractivity contribution >= 4 is 29.2 Å². The van der Waals surface area contributed by atoms with Gasteiger partial charge >= 0.3 is 5.97 Å². The molecule has 9 nitrogen and oxygen atoms in total. The van der Waals surface area contributed by atoms with Crippen molar-refractivity contribution < 1.29 is 33.3 Å². The lowest BCUT2D eigenvalue weighted by atomic mass is 10.2. The molecule has 9 heteroatoms. The number of esters is 1. The molecule has 0 aliphatic carbocycles. The highest BCUT2D eigenvalue weighted by Crippen LogP contribution is 2.24. The number of benzene rings is 3. The molecule has 0 fully saturated rings. The number of hydrogen-bond acceptors (Lipinski definition) is 7. The van der Waals surface area contributed by atoms with Crippen molar-refractivity contribution in [1.29, 1.82) is 0 Å². The fourth-order valence-electron chi connectivity index (χ4n) is 3.11. The molecule has 36 heavy (non-hydrogen) atoms. The fourth-order valence-corrected chi connectivity index (χ4v) is 3.11. The molecule has 0 spiro atoms. The fraction of sp³-hybridized carbons (Fsp3) is 0.222. The van der Waals surface area contributed by atoms with E-state index in [4.69, 9.17) is 18.9 Å². The van der Waals surface area contributed by atoms with Crippen LogP contribution < -0.4 is 24.8 Å². The predicted molar refractivity (Wildman–Crippen MR) is 135 cm³/mol. The molecule has 0 unspecified atom stereocenters. The van der Waals surface area contributed by atoms with Crippen LogP contribution in [0.3, 0.4) is 0 Å². The molecule has 0 aromatic heterocycles. The summed E-state index contributed by atoms with van der Waals surface area (Å²) < 4.78 is 21.1. The van der Waals surface area contributed by atoms with Crippen LogP contribution >= 0.6 is 0 Å². The minimum atomic E-state index is -0.556. The van der Waals surface area contributed by atoms with E-state index in [2.05, 4.69) is 10.6 Å². The van der Waals surface area contributed by atoms with E-state index in [0.717, 1.165) is 5.75 Å². The molecule has 0 atom stereocenters. The molecule has 0 bridgehead atoms. The quantitative estimate of drug-likeness (QED) is 0.363. The third-order valence-corrected chi connectivity index (χ3v) is 4.86. The number of amides is 2. The average Bonchev–Trinajstić information content (AvgIpc) is 2.89. The summed E-state index contributed by atoms with van der Waals surface area (Å²) in [6.07, 6.45) is -0.00347. The van der Waals surface area contributed by atoms with Gasteiger partial charge in [-0.15, -0.1) is 0 Å². The number of hydrogen-bond donors (Lipinski definition) is 2. The van der Waals surface area contributed by atoms with E-state index in [1.54, 1.807) is 72.8 Å². The van der Waals surface area contributed by atoms with Gasteiger partial charge in [-0.1, -0.05) is 12.1 Å². The lowest BCUT2D eigenvalue weighted by Gasteiger charge is -2.10. The summed E-state index contributed by atoms with van der Waals surface area (Å²) in [5, 5.41) is 5.40. The number of ether oxygens (including phenoxy) is 4. The van der Waals surface area contributed by atoms with E-state index in [9.17, 15) is 14.4 Å². The van der Waals surface area contributed by atoms with Crippen molar-refractivity contribution in [3.05, 3.63) is 78.4 Å². The molecule has 188 valence electrons. The van der Waals surface area contributed by atoms with Crippen LogP contribution in [0.15, 0.2) is 72.8 Å². The molecule has 2 N–H and O–H groups in total. The van der Waals surface area contributed by atoms with Crippen molar-refractivity contribution in [2.45, 2.75) is 13.3 Å². The molecule has 3 aromatic rings. The van der Waals surface area contributed by atoms with E-state index in [0.29, 0.717) is 35.0 Å². The molecular weight excluding hydrogens is 464 g/mol. The largest absolute Gasteiger partial charge is 0.495 e. The molecule has 0 radical (unpaired) electrons. The van der Waals surface area contributed by atoms with E-state index in [1.807, 2.05) is 6.92 Å². The Kier molecular flexibility index (Phi) is 9.69. The number of carbonyl (C=O) groups is 3. The second-order valence-electron chi connectivity index (χ2n) is 7.44. The molecule has 0 heterocycles. The van der Waals surface area contributed by atoms with Crippen LogP contribution in [0.25, 0.3) is 0 Å². The zero-order valence-electron chi connectivity index (χ0n) is 20.1. The van der Waals surface area contributed by atoms with Crippen molar-refractivity contribution in [2.75, 3.05) is 37.6 Å². The number of carbonyl (C=O) groups excluding carboxylic acids is 3. The Hall–Kier alpha value is -4.53. The molecule has 3 rings (SSSR count). The standard InChI is InChI=1S/C27H28N2O7/c1-3-34-21-12-14-22(15-13-21)35-17-16-26(31)36-18-25(30)28-20-10-8-19(9-11-20)27(32)29-23-6-4-5-7-24(23)33-2/h4-15H,3,16-18H2,1-2H3,(H,28,30)(H,29,32). The first-order valence-electron chi connectivity index (χ1n) is 11.3. The summed E-state index contributed by atoms with van der Waals surface area (Å²) in [7, 11) is 1.52. The Balaban J connectivity index is 1.38. The zero-order valence-corrected chi connectivity index (χ0v) is 20.1. The van der Waals surface area contributed by atoms with E-state index < -0.39 is 18.5 Å². The van der Waals surface area contributed by atoms with Crippen LogP contribution in [0.2, 0.25) is 0 Å². The molecule has 0 aliphatic heterocycles. The highest BCUT2D eigenvalue weighted by molar-refractivity contribution is 6.05. The highest BCUT2D eigenvalue weighted by atomic mass is 16.5. The average molecular weight is 493 g/mol. The number of anilines is 2. The first-order valence-corrected chi connectivity index (χ1v) is 11.3. The minimum Gasteiger partial charge on any atom is -0.495 e. The number of para-hydroxylation sites is 2. The first-order chi connectivity index (χ1) is 17.5. The summed E-state index contributed by atoms with van der Waals surface area (Å²) in [6, 6.07) is 20.4. The number of nitrogens with one attached hydrogen (secondary N) is 2. The summed E-state index contributed by atoms with van der Waals surface area (Å²) >= 11 is 0. The summed E-state index contributed by atoms with van der Waals surface area (Å²) in [6.45, 7) is 2.16. The van der Waals surface area contributed by atoms with Gasteiger partial charge in [-0.2, -0.15) is 0 Å². The smallest absolute Gasteiger partial charge is 0.309 e. The third kappa shape index (κ3) is 8.05. The van der Waals surface area contributed by atoms with Gasteiger partial charge in [-0.05, 0) is 67.6 Å². The topological polar surface area (TPSA) is 112 Å². The maximum Gasteiger partial charge on any atom is 0.309 e. The van der Waals surface area contributed by atoms with Gasteiger partial charge in [0.25, 0.3) is 11.8 Å². The van der Waals surface area contributed by atoms with Crippen LogP contribution in [0, 0.1) is 0 Å². The summed E-state index contributed by atoms with van der Waals surface area (Å²) in [5.41, 5.74) is 1.41. The van der Waals surface area contributed by atoms with Crippen LogP contribution in [0.4, 0.5) is 11.4 Å². The van der Waals surface area contributed by atoms with Crippen LogP contribution in [-0.4, -0.2) is 44.7 Å². The van der Waals surface area contributed by atoms with Gasteiger partial charge in [0.2, 0.25) is 0 Å². The van der Waals surface area contributed by atoms with Crippen LogP contribution in [0.5, 0.6) is 17.2 Å². The summed E-state index contributed by atoms with van der Waals surface area (Å²) in [4.78, 5) is 36.5. The Morgan fingerprint density at radius 2 is 1.47 bits per heavy atom. The van der Waals surface area contributed by atoms with E-state index in [-0.39, 0.29) is 18.9 Å². The number of methoxy groups -OCH3 is 1. The maximum absolute atomic E-state index is 12.5. The van der Waals surface area contributed by atoms with Gasteiger partial charge in [0.1, 0.15) is 17.2 Å². The van der Waals surface area contributed by atoms with Gasteiger partial charge in [-0.25, -0.2) is 0 Å². The molecular formula is C27H28N2O7. The lowest BCUT2D eigenvalue weighted by Crippen LogP contribution is -2.21. The van der Waals surface area contributed by atoms with Crippen LogP contribution in [-0.2, 0) is 14.3 Å². The molecule has 0 aliphatic rings. The van der Waals surface area contributed by atoms with Crippen LogP contribution in [0.1, 0.15) is 23.7 Å². The van der Waals surface area contributed by atoms with Crippen molar-refractivity contribution in [1.82, 2.24) is 0 Å². The van der Waals surface area contributed by atoms with Gasteiger partial charge in [0.05, 0.1) is 32.4 Å². The van der Waals surface area contributed by atoms with Gasteiger partial charge in [0.15, 0.2) is 6.61 Å². The summed E-state index contributed by atoms with van der Waals surface area (Å²) in [5.74, 6) is 0.511. The molecule has 0 saturated heterocycles. The number of rotatable bonds is 12. The van der Waals surface area contributed by atoms with Crippen molar-refractivity contribution in [3.63, 3.8) is 0 Å². The molecule has 3 aromatic carbocycles. The second kappa shape index (κ2) is 13.4. The Bertz CT molecular complexity index is 1160. The van der Waals surface area contributed by atoms with Gasteiger partial charge < -0.3 is 29.6 Å². The van der Waals surface area contributed by atoms with E-state index in [1.165, 1.54) is 7.11 Å².